The number of hydrogen-bond donors (Lipinski definition) is 2. The first-order valence-electron chi connectivity index (χ1n) is 9.05. The van der Waals surface area contributed by atoms with Crippen LogP contribution < -0.4 is 10.6 Å². The van der Waals surface area contributed by atoms with E-state index in [2.05, 4.69) is 50.9 Å². The number of hydrogen-bond acceptors (Lipinski definition) is 3. The smallest absolute Gasteiger partial charge is 0.324 e. The second-order valence-electron chi connectivity index (χ2n) is 6.23. The number of guanidine groups is 1. The normalized spacial score (nSPS) is 18.0. The number of carbonyl (C=O) groups is 2. The summed E-state index contributed by atoms with van der Waals surface area (Å²) in [4.78, 5) is 31.2. The third-order valence-electron chi connectivity index (χ3n) is 4.51. The highest BCUT2D eigenvalue weighted by molar-refractivity contribution is 6.01. The van der Waals surface area contributed by atoms with Crippen LogP contribution in [0.1, 0.15) is 18.9 Å². The van der Waals surface area contributed by atoms with E-state index in [4.69, 9.17) is 0 Å². The number of amides is 3. The number of imide groups is 1. The number of nitrogens with one attached hydrogen (secondary N) is 2. The van der Waals surface area contributed by atoms with Crippen LogP contribution in [0.4, 0.5) is 4.79 Å². The lowest BCUT2D eigenvalue weighted by Crippen LogP contribution is -2.44. The third-order valence-corrected chi connectivity index (χ3v) is 4.51. The monoisotopic (exact) mass is 355 g/mol. The molecule has 2 heterocycles. The second kappa shape index (κ2) is 8.51. The zero-order valence-corrected chi connectivity index (χ0v) is 15.1. The van der Waals surface area contributed by atoms with Crippen LogP contribution in [0.15, 0.2) is 41.4 Å². The predicted molar refractivity (Wildman–Crippen MR) is 102 cm³/mol. The zero-order valence-electron chi connectivity index (χ0n) is 15.1. The van der Waals surface area contributed by atoms with Gasteiger partial charge in [-0.1, -0.05) is 36.4 Å². The maximum absolute atomic E-state index is 11.6. The Kier molecular flexibility index (Phi) is 5.88. The number of carbonyl (C=O) groups excluding carboxylic acids is 2. The van der Waals surface area contributed by atoms with Gasteiger partial charge in [-0.05, 0) is 24.5 Å². The van der Waals surface area contributed by atoms with E-state index in [0.717, 1.165) is 32.0 Å². The molecule has 1 fully saturated rings. The first-order valence-corrected chi connectivity index (χ1v) is 9.05. The Balaban J connectivity index is 1.60. The lowest BCUT2D eigenvalue weighted by atomic mass is 10.00. The van der Waals surface area contributed by atoms with E-state index in [0.29, 0.717) is 13.1 Å². The minimum absolute atomic E-state index is 0.0851. The molecule has 7 nitrogen and oxygen atoms in total. The fourth-order valence-corrected chi connectivity index (χ4v) is 3.14. The van der Waals surface area contributed by atoms with Crippen molar-refractivity contribution in [2.45, 2.75) is 13.3 Å². The molecule has 0 radical (unpaired) electrons. The lowest BCUT2D eigenvalue weighted by molar-refractivity contribution is -0.124. The average molecular weight is 355 g/mol. The third kappa shape index (κ3) is 4.22. The molecule has 2 N–H and O–H groups in total. The van der Waals surface area contributed by atoms with Crippen molar-refractivity contribution in [3.8, 4) is 0 Å². The van der Waals surface area contributed by atoms with Crippen molar-refractivity contribution in [2.75, 3.05) is 39.3 Å². The SMILES string of the molecule is CCNC(=NCCN1C(=O)CNC1=O)N1CC=C(c2ccccc2)CC1. The van der Waals surface area contributed by atoms with Crippen LogP contribution in [0, 0.1) is 0 Å². The van der Waals surface area contributed by atoms with Crippen LogP contribution >= 0.6 is 0 Å². The summed E-state index contributed by atoms with van der Waals surface area (Å²) in [6.07, 6.45) is 3.20. The average Bonchev–Trinajstić information content (AvgIpc) is 3.00. The van der Waals surface area contributed by atoms with Crippen LogP contribution in [-0.2, 0) is 4.79 Å². The molecule has 2 aliphatic heterocycles. The number of benzene rings is 1. The Morgan fingerprint density at radius 1 is 1.27 bits per heavy atom. The van der Waals surface area contributed by atoms with Gasteiger partial charge in [-0.25, -0.2) is 4.79 Å². The van der Waals surface area contributed by atoms with Gasteiger partial charge in [0, 0.05) is 19.6 Å². The largest absolute Gasteiger partial charge is 0.357 e. The summed E-state index contributed by atoms with van der Waals surface area (Å²) in [5.41, 5.74) is 2.63. The molecule has 0 aliphatic carbocycles. The van der Waals surface area contributed by atoms with Crippen molar-refractivity contribution in [2.24, 2.45) is 4.99 Å². The fourth-order valence-electron chi connectivity index (χ4n) is 3.14. The quantitative estimate of drug-likeness (QED) is 0.474. The predicted octanol–water partition coefficient (Wildman–Crippen LogP) is 1.29. The van der Waals surface area contributed by atoms with Gasteiger partial charge in [-0.3, -0.25) is 14.7 Å². The van der Waals surface area contributed by atoms with Gasteiger partial charge >= 0.3 is 6.03 Å². The van der Waals surface area contributed by atoms with Gasteiger partial charge in [-0.2, -0.15) is 0 Å². The van der Waals surface area contributed by atoms with Gasteiger partial charge in [0.25, 0.3) is 0 Å². The minimum atomic E-state index is -0.330. The second-order valence-corrected chi connectivity index (χ2v) is 6.23. The summed E-state index contributed by atoms with van der Waals surface area (Å²) in [6.45, 7) is 5.26. The van der Waals surface area contributed by atoms with Gasteiger partial charge in [0.2, 0.25) is 5.91 Å². The molecule has 3 amide bonds. The number of aliphatic imine (C=N–C) groups is 1. The van der Waals surface area contributed by atoms with E-state index in [1.165, 1.54) is 16.0 Å². The standard InChI is InChI=1S/C19H25N5O2/c1-2-20-18(21-10-13-24-17(25)14-22-19(24)26)23-11-8-16(9-12-23)15-6-4-3-5-7-15/h3-8H,2,9-14H2,1H3,(H,20,21)(H,22,26). The molecule has 138 valence electrons. The molecule has 0 saturated carbocycles. The van der Waals surface area contributed by atoms with E-state index in [1.807, 2.05) is 13.0 Å². The lowest BCUT2D eigenvalue weighted by Gasteiger charge is -2.30. The Labute approximate surface area is 153 Å². The molecule has 7 heteroatoms. The van der Waals surface area contributed by atoms with Crippen molar-refractivity contribution in [1.29, 1.82) is 0 Å². The van der Waals surface area contributed by atoms with Crippen molar-refractivity contribution in [3.05, 3.63) is 42.0 Å². The highest BCUT2D eigenvalue weighted by Crippen LogP contribution is 2.21. The summed E-state index contributed by atoms with van der Waals surface area (Å²) in [6, 6.07) is 10.1. The summed E-state index contributed by atoms with van der Waals surface area (Å²) < 4.78 is 0. The van der Waals surface area contributed by atoms with Crippen molar-refractivity contribution >= 4 is 23.5 Å². The molecule has 1 aromatic rings. The number of urea groups is 1. The van der Waals surface area contributed by atoms with Crippen LogP contribution in [0.5, 0.6) is 0 Å². The number of rotatable bonds is 5. The van der Waals surface area contributed by atoms with Crippen LogP contribution in [0.3, 0.4) is 0 Å². The van der Waals surface area contributed by atoms with Crippen LogP contribution in [0.2, 0.25) is 0 Å². The van der Waals surface area contributed by atoms with Crippen molar-refractivity contribution < 1.29 is 9.59 Å². The Bertz CT molecular complexity index is 698. The molecule has 26 heavy (non-hydrogen) atoms. The zero-order chi connectivity index (χ0) is 18.4. The van der Waals surface area contributed by atoms with Gasteiger partial charge < -0.3 is 15.5 Å². The van der Waals surface area contributed by atoms with Crippen molar-refractivity contribution in [3.63, 3.8) is 0 Å². The molecular weight excluding hydrogens is 330 g/mol. The molecule has 1 saturated heterocycles. The maximum atomic E-state index is 11.6. The molecule has 0 unspecified atom stereocenters. The molecule has 0 atom stereocenters. The summed E-state index contributed by atoms with van der Waals surface area (Å²) >= 11 is 0. The van der Waals surface area contributed by atoms with Gasteiger partial charge in [0.05, 0.1) is 19.6 Å². The minimum Gasteiger partial charge on any atom is -0.357 e. The van der Waals surface area contributed by atoms with Gasteiger partial charge in [-0.15, -0.1) is 0 Å². The molecule has 0 bridgehead atoms. The van der Waals surface area contributed by atoms with E-state index in [-0.39, 0.29) is 18.5 Å². The fraction of sp³-hybridized carbons (Fsp3) is 0.421. The van der Waals surface area contributed by atoms with E-state index in [9.17, 15) is 9.59 Å². The van der Waals surface area contributed by atoms with Gasteiger partial charge in [0.1, 0.15) is 0 Å². The first kappa shape index (κ1) is 18.0. The van der Waals surface area contributed by atoms with E-state index >= 15 is 0 Å². The first-order chi connectivity index (χ1) is 12.7. The molecule has 0 aromatic heterocycles. The van der Waals surface area contributed by atoms with E-state index < -0.39 is 0 Å². The maximum Gasteiger partial charge on any atom is 0.324 e. The molecule has 2 aliphatic rings. The topological polar surface area (TPSA) is 77.0 Å². The Hall–Kier alpha value is -2.83. The highest BCUT2D eigenvalue weighted by Gasteiger charge is 2.27. The molecular formula is C19H25N5O2. The number of nitrogens with zero attached hydrogens (tertiary/aromatic N) is 3. The molecule has 1 aromatic carbocycles. The van der Waals surface area contributed by atoms with Gasteiger partial charge in [0.15, 0.2) is 5.96 Å². The summed E-state index contributed by atoms with van der Waals surface area (Å²) in [5.74, 6) is 0.631. The summed E-state index contributed by atoms with van der Waals surface area (Å²) in [5, 5.41) is 5.82. The molecule has 0 spiro atoms. The van der Waals surface area contributed by atoms with Crippen LogP contribution in [0.25, 0.3) is 5.57 Å². The highest BCUT2D eigenvalue weighted by atomic mass is 16.2. The summed E-state index contributed by atoms with van der Waals surface area (Å²) in [7, 11) is 0. The van der Waals surface area contributed by atoms with Crippen molar-refractivity contribution in [1.82, 2.24) is 20.4 Å². The Morgan fingerprint density at radius 3 is 2.69 bits per heavy atom. The van der Waals surface area contributed by atoms with E-state index in [1.54, 1.807) is 0 Å². The molecule has 3 rings (SSSR count). The Morgan fingerprint density at radius 2 is 2.08 bits per heavy atom. The van der Waals surface area contributed by atoms with Crippen LogP contribution in [-0.4, -0.2) is 67.0 Å².